The molecule has 0 aliphatic carbocycles. The molecule has 0 aliphatic rings. The molecule has 0 atom stereocenters. The van der Waals surface area contributed by atoms with E-state index < -0.39 is 5.97 Å². The molecule has 5 N–H and O–H groups in total. The predicted molar refractivity (Wildman–Crippen MR) is 74.0 cm³/mol. The minimum absolute atomic E-state index is 0.178. The Morgan fingerprint density at radius 1 is 1.11 bits per heavy atom. The van der Waals surface area contributed by atoms with Crippen molar-refractivity contribution in [1.82, 2.24) is 5.32 Å². The van der Waals surface area contributed by atoms with Crippen LogP contribution < -0.4 is 16.4 Å². The summed E-state index contributed by atoms with van der Waals surface area (Å²) in [6.45, 7) is 0.528. The van der Waals surface area contributed by atoms with E-state index in [0.29, 0.717) is 24.3 Å². The van der Waals surface area contributed by atoms with Gasteiger partial charge in [0.05, 0.1) is 0 Å². The Balaban J connectivity index is 2.11. The fraction of sp³-hybridized carbons (Fsp3) is 0.385. The first-order chi connectivity index (χ1) is 9.08. The molecule has 0 radical (unpaired) electrons. The van der Waals surface area contributed by atoms with Crippen molar-refractivity contribution in [1.29, 1.82) is 0 Å². The van der Waals surface area contributed by atoms with Crippen molar-refractivity contribution in [2.45, 2.75) is 25.7 Å². The molecule has 1 aromatic rings. The maximum absolute atomic E-state index is 11.5. The molecule has 0 aliphatic heterocycles. The van der Waals surface area contributed by atoms with Gasteiger partial charge < -0.3 is 21.5 Å². The zero-order valence-electron chi connectivity index (χ0n) is 10.7. The summed E-state index contributed by atoms with van der Waals surface area (Å²) >= 11 is 0. The van der Waals surface area contributed by atoms with Gasteiger partial charge in [0.2, 0.25) is 0 Å². The minimum atomic E-state index is -0.783. The molecule has 0 saturated carbocycles. The maximum Gasteiger partial charge on any atom is 0.319 e. The molecule has 2 amide bonds. The Hall–Kier alpha value is -2.24. The number of nitrogens with one attached hydrogen (secondary N) is 2. The summed E-state index contributed by atoms with van der Waals surface area (Å²) in [5.41, 5.74) is 6.86. The van der Waals surface area contributed by atoms with Crippen molar-refractivity contribution in [2.75, 3.05) is 17.6 Å². The fourth-order valence-corrected chi connectivity index (χ4v) is 1.52. The predicted octanol–water partition coefficient (Wildman–Crippen LogP) is 2.04. The van der Waals surface area contributed by atoms with Crippen molar-refractivity contribution in [2.24, 2.45) is 0 Å². The van der Waals surface area contributed by atoms with Crippen LogP contribution in [0.15, 0.2) is 24.3 Å². The first kappa shape index (κ1) is 14.8. The number of hydrogen-bond donors (Lipinski definition) is 4. The Labute approximate surface area is 112 Å². The van der Waals surface area contributed by atoms with E-state index in [-0.39, 0.29) is 12.5 Å². The molecule has 6 heteroatoms. The maximum atomic E-state index is 11.5. The van der Waals surface area contributed by atoms with Gasteiger partial charge in [-0.3, -0.25) is 4.79 Å². The van der Waals surface area contributed by atoms with E-state index >= 15 is 0 Å². The van der Waals surface area contributed by atoms with E-state index in [1.54, 1.807) is 24.3 Å². The largest absolute Gasteiger partial charge is 0.481 e. The molecule has 1 aromatic carbocycles. The van der Waals surface area contributed by atoms with Crippen molar-refractivity contribution in [3.05, 3.63) is 24.3 Å². The standard InChI is InChI=1S/C13H19N3O3/c14-10-5-7-11(8-6-10)16-13(19)15-9-3-1-2-4-12(17)18/h5-8H,1-4,9,14H2,(H,17,18)(H2,15,16,19). The van der Waals surface area contributed by atoms with Gasteiger partial charge in [-0.25, -0.2) is 4.79 Å². The molecule has 0 saturated heterocycles. The summed E-state index contributed by atoms with van der Waals surface area (Å²) in [6, 6.07) is 6.59. The molecule has 104 valence electrons. The quantitative estimate of drug-likeness (QED) is 0.447. The van der Waals surface area contributed by atoms with Crippen LogP contribution in [0.25, 0.3) is 0 Å². The minimum Gasteiger partial charge on any atom is -0.481 e. The number of urea groups is 1. The van der Waals surface area contributed by atoms with E-state index in [0.717, 1.165) is 12.8 Å². The molecule has 1 rings (SSSR count). The van der Waals surface area contributed by atoms with Gasteiger partial charge in [0, 0.05) is 24.3 Å². The van der Waals surface area contributed by atoms with Gasteiger partial charge in [0.1, 0.15) is 0 Å². The van der Waals surface area contributed by atoms with E-state index in [9.17, 15) is 9.59 Å². The summed E-state index contributed by atoms with van der Waals surface area (Å²) in [6.07, 6.45) is 2.37. The molecule has 0 aromatic heterocycles. The zero-order valence-corrected chi connectivity index (χ0v) is 10.7. The second-order valence-corrected chi connectivity index (χ2v) is 4.21. The van der Waals surface area contributed by atoms with Crippen LogP contribution in [0.5, 0.6) is 0 Å². The van der Waals surface area contributed by atoms with Crippen molar-refractivity contribution < 1.29 is 14.7 Å². The molecular weight excluding hydrogens is 246 g/mol. The van der Waals surface area contributed by atoms with Crippen LogP contribution in [0, 0.1) is 0 Å². The third kappa shape index (κ3) is 6.92. The number of anilines is 2. The number of nitrogen functional groups attached to an aromatic ring is 1. The van der Waals surface area contributed by atoms with E-state index in [1.807, 2.05) is 0 Å². The first-order valence-electron chi connectivity index (χ1n) is 6.20. The SMILES string of the molecule is Nc1ccc(NC(=O)NCCCCCC(=O)O)cc1. The third-order valence-electron chi connectivity index (χ3n) is 2.52. The Bertz CT molecular complexity index is 418. The van der Waals surface area contributed by atoms with Crippen LogP contribution in [-0.4, -0.2) is 23.7 Å². The molecule has 19 heavy (non-hydrogen) atoms. The average molecular weight is 265 g/mol. The van der Waals surface area contributed by atoms with E-state index in [2.05, 4.69) is 10.6 Å². The smallest absolute Gasteiger partial charge is 0.319 e. The fourth-order valence-electron chi connectivity index (χ4n) is 1.52. The number of unbranched alkanes of at least 4 members (excludes halogenated alkanes) is 2. The lowest BCUT2D eigenvalue weighted by Gasteiger charge is -2.07. The number of carbonyl (C=O) groups is 2. The van der Waals surface area contributed by atoms with Gasteiger partial charge in [-0.05, 0) is 37.1 Å². The molecule has 0 spiro atoms. The van der Waals surface area contributed by atoms with E-state index in [1.165, 1.54) is 0 Å². The molecule has 6 nitrogen and oxygen atoms in total. The van der Waals surface area contributed by atoms with Crippen LogP contribution >= 0.6 is 0 Å². The molecule has 0 heterocycles. The van der Waals surface area contributed by atoms with Crippen LogP contribution in [-0.2, 0) is 4.79 Å². The molecular formula is C13H19N3O3. The second-order valence-electron chi connectivity index (χ2n) is 4.21. The lowest BCUT2D eigenvalue weighted by Crippen LogP contribution is -2.29. The average Bonchev–Trinajstić information content (AvgIpc) is 2.36. The number of hydrogen-bond acceptors (Lipinski definition) is 3. The van der Waals surface area contributed by atoms with Crippen LogP contribution in [0.3, 0.4) is 0 Å². The normalized spacial score (nSPS) is 9.89. The summed E-state index contributed by atoms with van der Waals surface area (Å²) in [4.78, 5) is 21.8. The number of carboxylic acids is 1. The zero-order chi connectivity index (χ0) is 14.1. The van der Waals surface area contributed by atoms with Gasteiger partial charge in [-0.1, -0.05) is 6.42 Å². The van der Waals surface area contributed by atoms with Gasteiger partial charge in [-0.15, -0.1) is 0 Å². The third-order valence-corrected chi connectivity index (χ3v) is 2.52. The topological polar surface area (TPSA) is 104 Å². The van der Waals surface area contributed by atoms with Gasteiger partial charge in [0.15, 0.2) is 0 Å². The monoisotopic (exact) mass is 265 g/mol. The summed E-state index contributed by atoms with van der Waals surface area (Å²) in [5, 5.41) is 13.8. The van der Waals surface area contributed by atoms with Crippen molar-refractivity contribution in [3.63, 3.8) is 0 Å². The Morgan fingerprint density at radius 2 is 1.79 bits per heavy atom. The highest BCUT2D eigenvalue weighted by atomic mass is 16.4. The number of carbonyl (C=O) groups excluding carboxylic acids is 1. The lowest BCUT2D eigenvalue weighted by molar-refractivity contribution is -0.137. The van der Waals surface area contributed by atoms with Crippen molar-refractivity contribution >= 4 is 23.4 Å². The van der Waals surface area contributed by atoms with Crippen LogP contribution in [0.1, 0.15) is 25.7 Å². The summed E-state index contributed by atoms with van der Waals surface area (Å²) in [5.74, 6) is -0.783. The highest BCUT2D eigenvalue weighted by Gasteiger charge is 2.01. The number of benzene rings is 1. The van der Waals surface area contributed by atoms with Crippen LogP contribution in [0.2, 0.25) is 0 Å². The summed E-state index contributed by atoms with van der Waals surface area (Å²) < 4.78 is 0. The Kier molecular flexibility index (Phi) is 6.21. The number of nitrogens with two attached hydrogens (primary N) is 1. The second kappa shape index (κ2) is 7.97. The molecule has 0 unspecified atom stereocenters. The first-order valence-corrected chi connectivity index (χ1v) is 6.20. The van der Waals surface area contributed by atoms with Crippen molar-refractivity contribution in [3.8, 4) is 0 Å². The molecule has 0 fully saturated rings. The van der Waals surface area contributed by atoms with Gasteiger partial charge >= 0.3 is 12.0 Å². The number of aliphatic carboxylic acids is 1. The lowest BCUT2D eigenvalue weighted by atomic mass is 10.2. The van der Waals surface area contributed by atoms with Crippen LogP contribution in [0.4, 0.5) is 16.2 Å². The number of rotatable bonds is 7. The highest BCUT2D eigenvalue weighted by Crippen LogP contribution is 2.09. The Morgan fingerprint density at radius 3 is 2.42 bits per heavy atom. The highest BCUT2D eigenvalue weighted by molar-refractivity contribution is 5.89. The van der Waals surface area contributed by atoms with E-state index in [4.69, 9.17) is 10.8 Å². The number of amides is 2. The van der Waals surface area contributed by atoms with Gasteiger partial charge in [-0.2, -0.15) is 0 Å². The molecule has 0 bridgehead atoms. The summed E-state index contributed by atoms with van der Waals surface area (Å²) in [7, 11) is 0. The number of carboxylic acid groups (broad SMARTS) is 1. The van der Waals surface area contributed by atoms with Gasteiger partial charge in [0.25, 0.3) is 0 Å².